The van der Waals surface area contributed by atoms with Crippen molar-refractivity contribution in [1.82, 2.24) is 9.97 Å². The van der Waals surface area contributed by atoms with E-state index in [1.807, 2.05) is 0 Å². The first kappa shape index (κ1) is 20.0. The number of carbonyl (C=O) groups is 1. The summed E-state index contributed by atoms with van der Waals surface area (Å²) in [5, 5.41) is 8.61. The molecule has 0 radical (unpaired) electrons. The highest BCUT2D eigenvalue weighted by molar-refractivity contribution is 5.65. The number of ether oxygens (including phenoxy) is 3. The Bertz CT molecular complexity index is 811. The molecule has 0 aromatic carbocycles. The van der Waals surface area contributed by atoms with E-state index in [2.05, 4.69) is 9.97 Å². The molecule has 25 heavy (non-hydrogen) atoms. The standard InChI is InChI=1S/C9H11NO4.C7H9NO3/c1-6(11)14-5-7-3-8(12)9(13-2)4-10-7;1-11-7-3-8-5(4-9)2-6(7)10/h3-4H,5H2,1-2H3,(H,10,12);2-3,9H,4H2,1H3,(H,8,10). The molecule has 0 bridgehead atoms. The molecular formula is C16H20N2O7. The van der Waals surface area contributed by atoms with Gasteiger partial charge in [0.05, 0.1) is 26.5 Å². The predicted molar refractivity (Wildman–Crippen MR) is 88.6 cm³/mol. The van der Waals surface area contributed by atoms with Crippen molar-refractivity contribution in [3.8, 4) is 11.5 Å². The van der Waals surface area contributed by atoms with Crippen LogP contribution in [0.2, 0.25) is 0 Å². The van der Waals surface area contributed by atoms with Crippen molar-refractivity contribution < 1.29 is 24.1 Å². The second-order valence-electron chi connectivity index (χ2n) is 4.72. The number of carbonyl (C=O) groups excluding carboxylic acids is 1. The van der Waals surface area contributed by atoms with Gasteiger partial charge in [0.25, 0.3) is 0 Å². The molecule has 0 spiro atoms. The minimum absolute atomic E-state index is 0.0641. The summed E-state index contributed by atoms with van der Waals surface area (Å²) in [6.07, 6.45) is 2.86. The largest absolute Gasteiger partial charge is 0.491 e. The minimum Gasteiger partial charge on any atom is -0.491 e. The highest BCUT2D eigenvalue weighted by atomic mass is 16.5. The van der Waals surface area contributed by atoms with Gasteiger partial charge in [0.1, 0.15) is 6.61 Å². The van der Waals surface area contributed by atoms with E-state index in [0.29, 0.717) is 11.4 Å². The summed E-state index contributed by atoms with van der Waals surface area (Å²) in [7, 11) is 2.83. The van der Waals surface area contributed by atoms with E-state index in [0.717, 1.165) is 0 Å². The van der Waals surface area contributed by atoms with E-state index in [9.17, 15) is 14.4 Å². The molecule has 0 amide bonds. The molecular weight excluding hydrogens is 332 g/mol. The molecule has 0 aliphatic heterocycles. The van der Waals surface area contributed by atoms with Gasteiger partial charge in [-0.15, -0.1) is 0 Å². The number of rotatable bonds is 5. The van der Waals surface area contributed by atoms with E-state index in [1.165, 1.54) is 45.7 Å². The minimum atomic E-state index is -0.387. The number of pyridine rings is 2. The van der Waals surface area contributed by atoms with Crippen LogP contribution in [-0.4, -0.2) is 35.3 Å². The molecule has 9 heteroatoms. The van der Waals surface area contributed by atoms with E-state index >= 15 is 0 Å². The summed E-state index contributed by atoms with van der Waals surface area (Å²) in [5.74, 6) is 0.0976. The van der Waals surface area contributed by atoms with Crippen LogP contribution in [0.3, 0.4) is 0 Å². The lowest BCUT2D eigenvalue weighted by molar-refractivity contribution is -0.142. The van der Waals surface area contributed by atoms with Gasteiger partial charge < -0.3 is 29.3 Å². The SMILES string of the molecule is COc1c[nH]c(CO)cc1=O.COc1c[nH]c(COC(C)=O)cc1=O. The molecule has 0 fully saturated rings. The fraction of sp³-hybridized carbons (Fsp3) is 0.312. The molecule has 0 aliphatic rings. The summed E-state index contributed by atoms with van der Waals surface area (Å²) in [4.78, 5) is 38.2. The topological polar surface area (TPSA) is 131 Å². The zero-order chi connectivity index (χ0) is 18.8. The van der Waals surface area contributed by atoms with Gasteiger partial charge in [-0.05, 0) is 0 Å². The third kappa shape index (κ3) is 6.51. The second-order valence-corrected chi connectivity index (χ2v) is 4.72. The Kier molecular flexibility index (Phi) is 7.94. The molecule has 0 saturated heterocycles. The zero-order valence-electron chi connectivity index (χ0n) is 14.1. The molecule has 0 aliphatic carbocycles. The average Bonchev–Trinajstić information content (AvgIpc) is 2.60. The van der Waals surface area contributed by atoms with Gasteiger partial charge in [-0.2, -0.15) is 0 Å². The van der Waals surface area contributed by atoms with Crippen LogP contribution in [-0.2, 0) is 22.7 Å². The predicted octanol–water partition coefficient (Wildman–Crippen LogP) is 0.322. The number of aliphatic hydroxyl groups is 1. The van der Waals surface area contributed by atoms with Crippen LogP contribution in [0.15, 0.2) is 34.1 Å². The molecule has 0 atom stereocenters. The smallest absolute Gasteiger partial charge is 0.303 e. The van der Waals surface area contributed by atoms with Crippen molar-refractivity contribution in [2.24, 2.45) is 0 Å². The summed E-state index contributed by atoms with van der Waals surface area (Å²) in [6, 6.07) is 2.64. The number of aliphatic hydroxyl groups excluding tert-OH is 1. The van der Waals surface area contributed by atoms with Crippen molar-refractivity contribution in [2.75, 3.05) is 14.2 Å². The summed E-state index contributed by atoms with van der Waals surface area (Å²) >= 11 is 0. The van der Waals surface area contributed by atoms with Crippen LogP contribution < -0.4 is 20.3 Å². The van der Waals surface area contributed by atoms with Crippen molar-refractivity contribution in [2.45, 2.75) is 20.1 Å². The van der Waals surface area contributed by atoms with Gasteiger partial charge in [0.2, 0.25) is 10.9 Å². The Morgan fingerprint density at radius 2 is 1.48 bits per heavy atom. The Hall–Kier alpha value is -3.07. The molecule has 2 rings (SSSR count). The Morgan fingerprint density at radius 1 is 1.00 bits per heavy atom. The van der Waals surface area contributed by atoms with Gasteiger partial charge in [-0.3, -0.25) is 14.4 Å². The van der Waals surface area contributed by atoms with Gasteiger partial charge in [-0.25, -0.2) is 0 Å². The monoisotopic (exact) mass is 352 g/mol. The maximum atomic E-state index is 11.2. The average molecular weight is 352 g/mol. The van der Waals surface area contributed by atoms with Crippen LogP contribution in [0.25, 0.3) is 0 Å². The van der Waals surface area contributed by atoms with Crippen molar-refractivity contribution in [3.05, 3.63) is 56.4 Å². The maximum Gasteiger partial charge on any atom is 0.303 e. The fourth-order valence-corrected chi connectivity index (χ4v) is 1.67. The molecule has 0 unspecified atom stereocenters. The zero-order valence-corrected chi connectivity index (χ0v) is 14.1. The molecule has 136 valence electrons. The van der Waals surface area contributed by atoms with Crippen molar-refractivity contribution in [1.29, 1.82) is 0 Å². The lowest BCUT2D eigenvalue weighted by atomic mass is 10.3. The molecule has 2 aromatic heterocycles. The van der Waals surface area contributed by atoms with Crippen LogP contribution in [0, 0.1) is 0 Å². The third-order valence-electron chi connectivity index (χ3n) is 2.91. The highest BCUT2D eigenvalue weighted by Gasteiger charge is 2.02. The number of aromatic amines is 2. The van der Waals surface area contributed by atoms with Gasteiger partial charge in [0.15, 0.2) is 11.5 Å². The molecule has 3 N–H and O–H groups in total. The lowest BCUT2D eigenvalue weighted by Crippen LogP contribution is -2.09. The Morgan fingerprint density at radius 3 is 1.88 bits per heavy atom. The number of hydrogen-bond acceptors (Lipinski definition) is 7. The number of esters is 1. The molecule has 2 heterocycles. The van der Waals surface area contributed by atoms with E-state index < -0.39 is 0 Å². The van der Waals surface area contributed by atoms with Crippen LogP contribution >= 0.6 is 0 Å². The van der Waals surface area contributed by atoms with Crippen molar-refractivity contribution in [3.63, 3.8) is 0 Å². The van der Waals surface area contributed by atoms with Crippen LogP contribution in [0.5, 0.6) is 11.5 Å². The number of hydrogen-bond donors (Lipinski definition) is 3. The lowest BCUT2D eigenvalue weighted by Gasteiger charge is -2.03. The fourth-order valence-electron chi connectivity index (χ4n) is 1.67. The van der Waals surface area contributed by atoms with E-state index in [4.69, 9.17) is 19.3 Å². The maximum absolute atomic E-state index is 11.2. The summed E-state index contributed by atoms with van der Waals surface area (Å²) in [6.45, 7) is 1.20. The normalized spacial score (nSPS) is 9.60. The first-order valence-electron chi connectivity index (χ1n) is 7.16. The third-order valence-corrected chi connectivity index (χ3v) is 2.91. The van der Waals surface area contributed by atoms with Crippen LogP contribution in [0.1, 0.15) is 18.3 Å². The molecule has 0 saturated carbocycles. The van der Waals surface area contributed by atoms with Crippen LogP contribution in [0.4, 0.5) is 0 Å². The number of nitrogens with one attached hydrogen (secondary N) is 2. The van der Waals surface area contributed by atoms with E-state index in [-0.39, 0.29) is 41.5 Å². The van der Waals surface area contributed by atoms with Gasteiger partial charge in [-0.1, -0.05) is 0 Å². The summed E-state index contributed by atoms with van der Waals surface area (Å²) < 4.78 is 14.2. The van der Waals surface area contributed by atoms with Gasteiger partial charge >= 0.3 is 5.97 Å². The Balaban J connectivity index is 0.000000257. The summed E-state index contributed by atoms with van der Waals surface area (Å²) in [5.41, 5.74) is 0.547. The second kappa shape index (κ2) is 9.93. The van der Waals surface area contributed by atoms with Gasteiger partial charge in [0, 0.05) is 37.1 Å². The highest BCUT2D eigenvalue weighted by Crippen LogP contribution is 2.02. The molecule has 2 aromatic rings. The number of H-pyrrole nitrogens is 2. The Labute approximate surface area is 143 Å². The number of methoxy groups -OCH3 is 2. The van der Waals surface area contributed by atoms with Crippen molar-refractivity contribution >= 4 is 5.97 Å². The first-order valence-corrected chi connectivity index (χ1v) is 7.16. The quantitative estimate of drug-likeness (QED) is 0.661. The molecule has 9 nitrogen and oxygen atoms in total. The first-order chi connectivity index (χ1) is 11.9. The van der Waals surface area contributed by atoms with E-state index in [1.54, 1.807) is 0 Å². The number of aromatic nitrogens is 2.